The summed E-state index contributed by atoms with van der Waals surface area (Å²) in [7, 11) is 1.62. The summed E-state index contributed by atoms with van der Waals surface area (Å²) in [5, 5.41) is 0. The molecule has 78 valence electrons. The second-order valence-corrected chi connectivity index (χ2v) is 3.98. The van der Waals surface area contributed by atoms with Crippen LogP contribution in [0.1, 0.15) is 25.7 Å². The van der Waals surface area contributed by atoms with Crippen LogP contribution in [0.15, 0.2) is 11.8 Å². The molecule has 1 saturated carbocycles. The Hall–Kier alpha value is -0.830. The molecular weight excluding hydrogens is 180 g/mol. The third kappa shape index (κ3) is 1.98. The molecule has 0 spiro atoms. The maximum absolute atomic E-state index is 11.9. The minimum atomic E-state index is -0.219. The molecule has 0 aromatic carbocycles. The summed E-state index contributed by atoms with van der Waals surface area (Å²) in [6.07, 6.45) is 5.42. The van der Waals surface area contributed by atoms with Gasteiger partial charge in [0, 0.05) is 12.7 Å². The number of carbonyl (C=O) groups is 1. The second-order valence-electron chi connectivity index (χ2n) is 3.98. The predicted octanol–water partition coefficient (Wildman–Crippen LogP) is 1.67. The van der Waals surface area contributed by atoms with Crippen LogP contribution in [0.5, 0.6) is 0 Å². The highest BCUT2D eigenvalue weighted by Gasteiger charge is 2.37. The van der Waals surface area contributed by atoms with Crippen LogP contribution in [0.25, 0.3) is 0 Å². The first kappa shape index (κ1) is 9.71. The number of ketones is 1. The molecule has 1 atom stereocenters. The van der Waals surface area contributed by atoms with Gasteiger partial charge >= 0.3 is 0 Å². The van der Waals surface area contributed by atoms with Gasteiger partial charge in [-0.2, -0.15) is 0 Å². The van der Waals surface area contributed by atoms with Gasteiger partial charge in [0.05, 0.1) is 12.9 Å². The van der Waals surface area contributed by atoms with Crippen LogP contribution in [0.4, 0.5) is 0 Å². The lowest BCUT2D eigenvalue weighted by atomic mass is 9.99. The van der Waals surface area contributed by atoms with Gasteiger partial charge in [-0.3, -0.25) is 4.79 Å². The molecule has 2 aliphatic rings. The SMILES string of the molecule is COC(C(=O)C1=COCCC1)C1CC1. The smallest absolute Gasteiger partial charge is 0.190 e. The zero-order valence-electron chi connectivity index (χ0n) is 8.49. The average molecular weight is 196 g/mol. The predicted molar refractivity (Wildman–Crippen MR) is 51.8 cm³/mol. The number of rotatable bonds is 4. The van der Waals surface area contributed by atoms with Crippen molar-refractivity contribution in [2.45, 2.75) is 31.8 Å². The van der Waals surface area contributed by atoms with Crippen molar-refractivity contribution in [2.24, 2.45) is 5.92 Å². The Labute approximate surface area is 84.1 Å². The monoisotopic (exact) mass is 196 g/mol. The van der Waals surface area contributed by atoms with E-state index in [0.29, 0.717) is 5.92 Å². The molecule has 0 aromatic rings. The fourth-order valence-corrected chi connectivity index (χ4v) is 1.84. The highest BCUT2D eigenvalue weighted by molar-refractivity contribution is 5.99. The van der Waals surface area contributed by atoms with E-state index < -0.39 is 0 Å². The molecule has 0 saturated heterocycles. The van der Waals surface area contributed by atoms with E-state index in [1.54, 1.807) is 13.4 Å². The van der Waals surface area contributed by atoms with E-state index >= 15 is 0 Å². The molecule has 0 N–H and O–H groups in total. The maximum atomic E-state index is 11.9. The van der Waals surface area contributed by atoms with Crippen LogP contribution in [0.3, 0.4) is 0 Å². The molecule has 0 bridgehead atoms. The molecule has 0 radical (unpaired) electrons. The van der Waals surface area contributed by atoms with Crippen LogP contribution < -0.4 is 0 Å². The fourth-order valence-electron chi connectivity index (χ4n) is 1.84. The summed E-state index contributed by atoms with van der Waals surface area (Å²) in [5.41, 5.74) is 0.801. The first-order valence-corrected chi connectivity index (χ1v) is 5.20. The van der Waals surface area contributed by atoms with Gasteiger partial charge in [0.25, 0.3) is 0 Å². The molecule has 3 heteroatoms. The van der Waals surface area contributed by atoms with E-state index in [9.17, 15) is 4.79 Å². The molecule has 1 heterocycles. The Morgan fingerprint density at radius 2 is 2.43 bits per heavy atom. The summed E-state index contributed by atoms with van der Waals surface area (Å²) in [4.78, 5) is 11.9. The molecule has 2 rings (SSSR count). The average Bonchev–Trinajstić information content (AvgIpc) is 3.04. The molecule has 1 aliphatic carbocycles. The molecule has 0 aromatic heterocycles. The second kappa shape index (κ2) is 4.13. The summed E-state index contributed by atoms with van der Waals surface area (Å²) in [6.45, 7) is 0.734. The van der Waals surface area contributed by atoms with Gasteiger partial charge in [-0.25, -0.2) is 0 Å². The van der Waals surface area contributed by atoms with Gasteiger partial charge in [-0.1, -0.05) is 0 Å². The van der Waals surface area contributed by atoms with Crippen molar-refractivity contribution in [3.8, 4) is 0 Å². The van der Waals surface area contributed by atoms with Crippen molar-refractivity contribution in [3.63, 3.8) is 0 Å². The Morgan fingerprint density at radius 1 is 1.64 bits per heavy atom. The van der Waals surface area contributed by atoms with Crippen molar-refractivity contribution in [3.05, 3.63) is 11.8 Å². The topological polar surface area (TPSA) is 35.5 Å². The zero-order chi connectivity index (χ0) is 9.97. The van der Waals surface area contributed by atoms with Gasteiger partial charge in [0.1, 0.15) is 6.10 Å². The van der Waals surface area contributed by atoms with E-state index in [-0.39, 0.29) is 11.9 Å². The summed E-state index contributed by atoms with van der Waals surface area (Å²) in [6, 6.07) is 0. The normalized spacial score (nSPS) is 23.6. The van der Waals surface area contributed by atoms with Gasteiger partial charge in [-0.15, -0.1) is 0 Å². The van der Waals surface area contributed by atoms with Crippen molar-refractivity contribution >= 4 is 5.78 Å². The quantitative estimate of drug-likeness (QED) is 0.686. The lowest BCUT2D eigenvalue weighted by Gasteiger charge is -2.18. The van der Waals surface area contributed by atoms with Crippen LogP contribution >= 0.6 is 0 Å². The highest BCUT2D eigenvalue weighted by Crippen LogP contribution is 2.36. The first-order chi connectivity index (χ1) is 6.83. The van der Waals surface area contributed by atoms with Crippen molar-refractivity contribution < 1.29 is 14.3 Å². The Bertz CT molecular complexity index is 253. The van der Waals surface area contributed by atoms with E-state index in [1.807, 2.05) is 0 Å². The molecule has 14 heavy (non-hydrogen) atoms. The van der Waals surface area contributed by atoms with E-state index in [2.05, 4.69) is 0 Å². The van der Waals surface area contributed by atoms with Crippen molar-refractivity contribution in [2.75, 3.05) is 13.7 Å². The maximum Gasteiger partial charge on any atom is 0.190 e. The number of ether oxygens (including phenoxy) is 2. The fraction of sp³-hybridized carbons (Fsp3) is 0.727. The zero-order valence-corrected chi connectivity index (χ0v) is 8.49. The van der Waals surface area contributed by atoms with Crippen molar-refractivity contribution in [1.29, 1.82) is 0 Å². The molecule has 1 aliphatic heterocycles. The van der Waals surface area contributed by atoms with Crippen LogP contribution in [0.2, 0.25) is 0 Å². The van der Waals surface area contributed by atoms with Crippen LogP contribution in [-0.4, -0.2) is 25.6 Å². The van der Waals surface area contributed by atoms with E-state index in [0.717, 1.165) is 37.9 Å². The number of carbonyl (C=O) groups excluding carboxylic acids is 1. The van der Waals surface area contributed by atoms with Gasteiger partial charge in [0.15, 0.2) is 5.78 Å². The third-order valence-electron chi connectivity index (χ3n) is 2.81. The highest BCUT2D eigenvalue weighted by atomic mass is 16.5. The van der Waals surface area contributed by atoms with Crippen LogP contribution in [-0.2, 0) is 14.3 Å². The first-order valence-electron chi connectivity index (χ1n) is 5.20. The number of methoxy groups -OCH3 is 1. The molecule has 1 unspecified atom stereocenters. The number of hydrogen-bond donors (Lipinski definition) is 0. The van der Waals surface area contributed by atoms with E-state index in [1.165, 1.54) is 0 Å². The summed E-state index contributed by atoms with van der Waals surface area (Å²) >= 11 is 0. The Morgan fingerprint density at radius 3 is 2.93 bits per heavy atom. The Kier molecular flexibility index (Phi) is 2.87. The molecular formula is C11H16O3. The summed E-state index contributed by atoms with van der Waals surface area (Å²) in [5.74, 6) is 0.588. The standard InChI is InChI=1S/C11H16O3/c1-13-11(8-4-5-8)10(12)9-3-2-6-14-7-9/h7-8,11H,2-6H2,1H3. The van der Waals surface area contributed by atoms with Gasteiger partial charge in [-0.05, 0) is 31.6 Å². The van der Waals surface area contributed by atoms with Crippen LogP contribution in [0, 0.1) is 5.92 Å². The number of hydrogen-bond acceptors (Lipinski definition) is 3. The minimum absolute atomic E-state index is 0.134. The third-order valence-corrected chi connectivity index (χ3v) is 2.81. The molecule has 3 nitrogen and oxygen atoms in total. The van der Waals surface area contributed by atoms with Gasteiger partial charge in [0.2, 0.25) is 0 Å². The molecule has 1 fully saturated rings. The Balaban J connectivity index is 2.01. The molecule has 0 amide bonds. The lowest BCUT2D eigenvalue weighted by molar-refractivity contribution is -0.126. The van der Waals surface area contributed by atoms with E-state index in [4.69, 9.17) is 9.47 Å². The van der Waals surface area contributed by atoms with Gasteiger partial charge < -0.3 is 9.47 Å². The summed E-state index contributed by atoms with van der Waals surface area (Å²) < 4.78 is 10.4. The van der Waals surface area contributed by atoms with Crippen molar-refractivity contribution in [1.82, 2.24) is 0 Å². The minimum Gasteiger partial charge on any atom is -0.501 e. The largest absolute Gasteiger partial charge is 0.501 e. The lowest BCUT2D eigenvalue weighted by Crippen LogP contribution is -2.27. The number of Topliss-reactive ketones (excluding diaryl/α,β-unsaturated/α-hetero) is 1.